The van der Waals surface area contributed by atoms with E-state index in [1.807, 2.05) is 24.3 Å². The van der Waals surface area contributed by atoms with Gasteiger partial charge < -0.3 is 5.32 Å². The van der Waals surface area contributed by atoms with Gasteiger partial charge in [-0.3, -0.25) is 0 Å². The molecule has 1 N–H and O–H groups in total. The summed E-state index contributed by atoms with van der Waals surface area (Å²) in [5.41, 5.74) is 1.71. The lowest BCUT2D eigenvalue weighted by molar-refractivity contribution is 0.409. The summed E-state index contributed by atoms with van der Waals surface area (Å²) in [7, 11) is 0. The van der Waals surface area contributed by atoms with Gasteiger partial charge in [-0.05, 0) is 75.3 Å². The fraction of sp³-hybridized carbons (Fsp3) is 0.188. The number of tetrazole rings is 1. The lowest BCUT2D eigenvalue weighted by atomic mass is 9.93. The molecule has 2 aromatic carbocycles. The van der Waals surface area contributed by atoms with Crippen molar-refractivity contribution in [3.63, 3.8) is 0 Å². The van der Waals surface area contributed by atoms with Crippen molar-refractivity contribution < 1.29 is 4.39 Å². The second-order valence-electron chi connectivity index (χ2n) is 5.62. The van der Waals surface area contributed by atoms with Crippen molar-refractivity contribution in [3.05, 3.63) is 67.5 Å². The summed E-state index contributed by atoms with van der Waals surface area (Å²) in [5.74, 6) is 0.311. The molecule has 2 atom stereocenters. The standard InChI is InChI=1S/C16H12BrFIN5/c17-10-3-1-2-9(6-10)14-8-15(24-16(20-14)21-22-23-24)12-7-11(19)4-5-13(12)18/h1-7,14-15H,8H2,(H,20,21,23). The summed E-state index contributed by atoms with van der Waals surface area (Å²) in [6, 6.07) is 12.9. The van der Waals surface area contributed by atoms with Gasteiger partial charge in [0.1, 0.15) is 5.82 Å². The number of hydrogen-bond acceptors (Lipinski definition) is 4. The topological polar surface area (TPSA) is 55.6 Å². The number of benzene rings is 2. The molecule has 1 aromatic heterocycles. The van der Waals surface area contributed by atoms with Gasteiger partial charge in [-0.15, -0.1) is 0 Å². The van der Waals surface area contributed by atoms with Crippen LogP contribution in [0.3, 0.4) is 0 Å². The minimum absolute atomic E-state index is 0.00303. The van der Waals surface area contributed by atoms with Crippen molar-refractivity contribution in [3.8, 4) is 0 Å². The predicted molar refractivity (Wildman–Crippen MR) is 100 cm³/mol. The Morgan fingerprint density at radius 3 is 2.96 bits per heavy atom. The van der Waals surface area contributed by atoms with Crippen LogP contribution in [0.25, 0.3) is 0 Å². The van der Waals surface area contributed by atoms with E-state index in [1.54, 1.807) is 10.7 Å². The molecule has 2 unspecified atom stereocenters. The molecule has 0 amide bonds. The molecule has 0 saturated carbocycles. The fourth-order valence-electron chi connectivity index (χ4n) is 3.01. The van der Waals surface area contributed by atoms with Crippen LogP contribution in [0.5, 0.6) is 0 Å². The van der Waals surface area contributed by atoms with E-state index in [9.17, 15) is 4.39 Å². The molecule has 0 saturated heterocycles. The summed E-state index contributed by atoms with van der Waals surface area (Å²) in [4.78, 5) is 0. The first-order valence-electron chi connectivity index (χ1n) is 7.36. The zero-order chi connectivity index (χ0) is 16.7. The lowest BCUT2D eigenvalue weighted by Crippen LogP contribution is -2.28. The molecule has 5 nitrogen and oxygen atoms in total. The van der Waals surface area contributed by atoms with Gasteiger partial charge in [0.05, 0.1) is 12.1 Å². The number of nitrogens with zero attached hydrogens (tertiary/aromatic N) is 4. The summed E-state index contributed by atoms with van der Waals surface area (Å²) >= 11 is 5.69. The van der Waals surface area contributed by atoms with E-state index in [4.69, 9.17) is 0 Å². The maximum absolute atomic E-state index is 14.4. The van der Waals surface area contributed by atoms with E-state index in [2.05, 4.69) is 65.4 Å². The summed E-state index contributed by atoms with van der Waals surface area (Å²) in [6.07, 6.45) is 0.658. The molecule has 8 heteroatoms. The zero-order valence-corrected chi connectivity index (χ0v) is 16.1. The lowest BCUT2D eigenvalue weighted by Gasteiger charge is -2.31. The van der Waals surface area contributed by atoms with Gasteiger partial charge >= 0.3 is 0 Å². The van der Waals surface area contributed by atoms with E-state index in [1.165, 1.54) is 6.07 Å². The first kappa shape index (κ1) is 15.9. The molecule has 0 aliphatic carbocycles. The van der Waals surface area contributed by atoms with E-state index >= 15 is 0 Å². The third kappa shape index (κ3) is 2.92. The molecule has 0 bridgehead atoms. The first-order valence-corrected chi connectivity index (χ1v) is 9.24. The van der Waals surface area contributed by atoms with Crippen LogP contribution in [-0.2, 0) is 0 Å². The van der Waals surface area contributed by atoms with Gasteiger partial charge in [-0.1, -0.05) is 33.2 Å². The summed E-state index contributed by atoms with van der Waals surface area (Å²) in [5, 5.41) is 15.2. The molecule has 24 heavy (non-hydrogen) atoms. The SMILES string of the molecule is Fc1ccc(I)cc1C1CC(c2cccc(Br)c2)Nc2nnnn21. The second-order valence-corrected chi connectivity index (χ2v) is 7.78. The largest absolute Gasteiger partial charge is 0.346 e. The van der Waals surface area contributed by atoms with Crippen molar-refractivity contribution >= 4 is 44.5 Å². The minimum atomic E-state index is -0.255. The van der Waals surface area contributed by atoms with Gasteiger partial charge in [-0.25, -0.2) is 9.07 Å². The van der Waals surface area contributed by atoms with Gasteiger partial charge in [0.15, 0.2) is 0 Å². The maximum atomic E-state index is 14.4. The highest BCUT2D eigenvalue weighted by molar-refractivity contribution is 14.1. The Kier molecular flexibility index (Phi) is 4.25. The van der Waals surface area contributed by atoms with E-state index in [0.717, 1.165) is 13.6 Å². The average molecular weight is 500 g/mol. The van der Waals surface area contributed by atoms with Crippen LogP contribution in [0, 0.1) is 9.39 Å². The molecule has 0 spiro atoms. The van der Waals surface area contributed by atoms with Gasteiger partial charge in [0.2, 0.25) is 5.95 Å². The van der Waals surface area contributed by atoms with Crippen LogP contribution in [-0.4, -0.2) is 20.2 Å². The molecule has 1 aliphatic heterocycles. The zero-order valence-electron chi connectivity index (χ0n) is 12.3. The van der Waals surface area contributed by atoms with Gasteiger partial charge in [-0.2, -0.15) is 0 Å². The van der Waals surface area contributed by atoms with Crippen LogP contribution in [0.4, 0.5) is 10.3 Å². The van der Waals surface area contributed by atoms with E-state index < -0.39 is 0 Å². The Morgan fingerprint density at radius 1 is 1.25 bits per heavy atom. The highest BCUT2D eigenvalue weighted by Gasteiger charge is 2.32. The molecule has 2 heterocycles. The van der Waals surface area contributed by atoms with Crippen molar-refractivity contribution in [2.24, 2.45) is 0 Å². The smallest absolute Gasteiger partial charge is 0.243 e. The third-order valence-electron chi connectivity index (χ3n) is 4.12. The Hall–Kier alpha value is -1.55. The molecule has 0 fully saturated rings. The number of anilines is 1. The predicted octanol–water partition coefficient (Wildman–Crippen LogP) is 4.33. The Labute approximate surface area is 159 Å². The summed E-state index contributed by atoms with van der Waals surface area (Å²) < 4.78 is 18.1. The number of hydrogen-bond donors (Lipinski definition) is 1. The number of rotatable bonds is 2. The average Bonchev–Trinajstić information content (AvgIpc) is 3.05. The molecular weight excluding hydrogens is 488 g/mol. The second kappa shape index (κ2) is 6.40. The van der Waals surface area contributed by atoms with Crippen LogP contribution in [0.15, 0.2) is 46.9 Å². The molecule has 1 aliphatic rings. The summed E-state index contributed by atoms with van der Waals surface area (Å²) in [6.45, 7) is 0. The fourth-order valence-corrected chi connectivity index (χ4v) is 3.94. The van der Waals surface area contributed by atoms with E-state index in [-0.39, 0.29) is 17.9 Å². The Balaban J connectivity index is 1.78. The van der Waals surface area contributed by atoms with Crippen LogP contribution < -0.4 is 5.32 Å². The van der Waals surface area contributed by atoms with Crippen LogP contribution in [0.1, 0.15) is 29.6 Å². The Morgan fingerprint density at radius 2 is 2.12 bits per heavy atom. The van der Waals surface area contributed by atoms with Crippen molar-refractivity contribution in [2.75, 3.05) is 5.32 Å². The van der Waals surface area contributed by atoms with Crippen LogP contribution >= 0.6 is 38.5 Å². The molecule has 0 radical (unpaired) electrons. The third-order valence-corrected chi connectivity index (χ3v) is 5.28. The van der Waals surface area contributed by atoms with Crippen molar-refractivity contribution in [1.29, 1.82) is 0 Å². The van der Waals surface area contributed by atoms with Crippen molar-refractivity contribution in [2.45, 2.75) is 18.5 Å². The van der Waals surface area contributed by atoms with Gasteiger partial charge in [0, 0.05) is 13.6 Å². The molecular formula is C16H12BrFIN5. The number of nitrogens with one attached hydrogen (secondary N) is 1. The number of aromatic nitrogens is 4. The normalized spacial score (nSPS) is 19.6. The Bertz CT molecular complexity index is 900. The number of fused-ring (bicyclic) bond motifs is 1. The minimum Gasteiger partial charge on any atom is -0.346 e. The molecule has 3 aromatic rings. The van der Waals surface area contributed by atoms with Crippen LogP contribution in [0.2, 0.25) is 0 Å². The van der Waals surface area contributed by atoms with Crippen molar-refractivity contribution in [1.82, 2.24) is 20.2 Å². The monoisotopic (exact) mass is 499 g/mol. The van der Waals surface area contributed by atoms with E-state index in [0.29, 0.717) is 17.9 Å². The van der Waals surface area contributed by atoms with Gasteiger partial charge in [0.25, 0.3) is 0 Å². The maximum Gasteiger partial charge on any atom is 0.243 e. The molecule has 4 rings (SSSR count). The highest BCUT2D eigenvalue weighted by atomic mass is 127. The quantitative estimate of drug-likeness (QED) is 0.533. The number of halogens is 3. The first-order chi connectivity index (χ1) is 11.6. The highest BCUT2D eigenvalue weighted by Crippen LogP contribution is 2.38. The molecule has 122 valence electrons.